The van der Waals surface area contributed by atoms with Gasteiger partial charge in [-0.3, -0.25) is 4.79 Å². The fourth-order valence-corrected chi connectivity index (χ4v) is 1.84. The Hall–Kier alpha value is -1.28. The van der Waals surface area contributed by atoms with Crippen molar-refractivity contribution in [1.82, 2.24) is 0 Å². The minimum atomic E-state index is -4.54. The lowest BCUT2D eigenvalue weighted by Crippen LogP contribution is -2.13. The Morgan fingerprint density at radius 3 is 2.61 bits per heavy atom. The molecule has 5 heteroatoms. The minimum Gasteiger partial charge on any atom is -0.294 e. The molecule has 0 saturated heterocycles. The van der Waals surface area contributed by atoms with Crippen LogP contribution in [-0.2, 0) is 6.18 Å². The van der Waals surface area contributed by atoms with Gasteiger partial charge >= 0.3 is 6.18 Å². The normalized spacial score (nSPS) is 11.1. The van der Waals surface area contributed by atoms with Crippen molar-refractivity contribution in [3.8, 4) is 12.3 Å². The second kappa shape index (κ2) is 6.05. The van der Waals surface area contributed by atoms with Gasteiger partial charge in [0.05, 0.1) is 5.56 Å². The van der Waals surface area contributed by atoms with Crippen LogP contribution in [0.3, 0.4) is 0 Å². The van der Waals surface area contributed by atoms with Crippen LogP contribution in [0, 0.1) is 12.3 Å². The molecule has 0 atom stereocenters. The summed E-state index contributed by atoms with van der Waals surface area (Å²) < 4.78 is 38.6. The quantitative estimate of drug-likeness (QED) is 0.455. The Bertz CT molecular complexity index is 486. The van der Waals surface area contributed by atoms with Crippen molar-refractivity contribution < 1.29 is 18.0 Å². The monoisotopic (exact) mass is 318 g/mol. The van der Waals surface area contributed by atoms with Gasteiger partial charge in [0, 0.05) is 22.9 Å². The molecule has 0 fully saturated rings. The molecule has 0 aromatic heterocycles. The SMILES string of the molecule is C#CCCCC(=O)c1ccc(Br)cc1C(F)(F)F. The summed E-state index contributed by atoms with van der Waals surface area (Å²) in [4.78, 5) is 11.7. The zero-order chi connectivity index (χ0) is 13.8. The topological polar surface area (TPSA) is 17.1 Å². The number of carbonyl (C=O) groups excluding carboxylic acids is 1. The first-order valence-corrected chi connectivity index (χ1v) is 5.99. The van der Waals surface area contributed by atoms with Crippen LogP contribution >= 0.6 is 15.9 Å². The smallest absolute Gasteiger partial charge is 0.294 e. The highest BCUT2D eigenvalue weighted by atomic mass is 79.9. The highest BCUT2D eigenvalue weighted by Crippen LogP contribution is 2.34. The van der Waals surface area contributed by atoms with Gasteiger partial charge in [-0.15, -0.1) is 12.3 Å². The number of halogens is 4. The van der Waals surface area contributed by atoms with Crippen LogP contribution in [0.4, 0.5) is 13.2 Å². The molecule has 0 aliphatic carbocycles. The van der Waals surface area contributed by atoms with Gasteiger partial charge in [0.15, 0.2) is 5.78 Å². The number of terminal acetylenes is 1. The van der Waals surface area contributed by atoms with E-state index in [1.807, 2.05) is 0 Å². The number of hydrogen-bond acceptors (Lipinski definition) is 1. The third kappa shape index (κ3) is 3.88. The molecule has 0 aliphatic heterocycles. The van der Waals surface area contributed by atoms with Gasteiger partial charge in [0.1, 0.15) is 0 Å². The van der Waals surface area contributed by atoms with Gasteiger partial charge in [-0.2, -0.15) is 13.2 Å². The summed E-state index contributed by atoms with van der Waals surface area (Å²) in [5.74, 6) is 1.81. The summed E-state index contributed by atoms with van der Waals surface area (Å²) in [5, 5.41) is 0. The molecule has 1 aromatic rings. The third-order valence-corrected chi connectivity index (χ3v) is 2.81. The number of Topliss-reactive ketones (excluding diaryl/α,β-unsaturated/α-hetero) is 1. The number of alkyl halides is 3. The van der Waals surface area contributed by atoms with Crippen LogP contribution in [0.2, 0.25) is 0 Å². The summed E-state index contributed by atoms with van der Waals surface area (Å²) in [6.45, 7) is 0. The van der Waals surface area contributed by atoms with Gasteiger partial charge in [0.2, 0.25) is 0 Å². The Labute approximate surface area is 112 Å². The molecule has 96 valence electrons. The number of hydrogen-bond donors (Lipinski definition) is 0. The molecule has 0 heterocycles. The molecule has 1 aromatic carbocycles. The second-order valence-electron chi connectivity index (χ2n) is 3.67. The standard InChI is InChI=1S/C13H10BrF3O/c1-2-3-4-5-12(18)10-7-6-9(14)8-11(10)13(15,16)17/h1,6-8H,3-5H2. The molecule has 0 radical (unpaired) electrons. The molecular weight excluding hydrogens is 309 g/mol. The highest BCUT2D eigenvalue weighted by molar-refractivity contribution is 9.10. The number of ketones is 1. The van der Waals surface area contributed by atoms with Gasteiger partial charge in [-0.25, -0.2) is 0 Å². The average molecular weight is 319 g/mol. The zero-order valence-electron chi connectivity index (χ0n) is 9.35. The van der Waals surface area contributed by atoms with Crippen molar-refractivity contribution in [2.45, 2.75) is 25.4 Å². The Morgan fingerprint density at radius 1 is 1.39 bits per heavy atom. The summed E-state index contributed by atoms with van der Waals surface area (Å²) in [6, 6.07) is 3.52. The molecule has 0 saturated carbocycles. The van der Waals surface area contributed by atoms with E-state index in [4.69, 9.17) is 6.42 Å². The van der Waals surface area contributed by atoms with Gasteiger partial charge in [-0.1, -0.05) is 15.9 Å². The van der Waals surface area contributed by atoms with Gasteiger partial charge < -0.3 is 0 Å². The molecule has 0 aliphatic rings. The molecule has 0 bridgehead atoms. The van der Waals surface area contributed by atoms with E-state index >= 15 is 0 Å². The average Bonchev–Trinajstić information content (AvgIpc) is 2.28. The van der Waals surface area contributed by atoms with Crippen LogP contribution < -0.4 is 0 Å². The van der Waals surface area contributed by atoms with Crippen LogP contribution in [-0.4, -0.2) is 5.78 Å². The van der Waals surface area contributed by atoms with E-state index < -0.39 is 17.5 Å². The predicted octanol–water partition coefficient (Wildman–Crippen LogP) is 4.45. The van der Waals surface area contributed by atoms with E-state index in [9.17, 15) is 18.0 Å². The lowest BCUT2D eigenvalue weighted by atomic mass is 9.99. The lowest BCUT2D eigenvalue weighted by molar-refractivity contribution is -0.138. The van der Waals surface area contributed by atoms with E-state index in [0.29, 0.717) is 12.8 Å². The summed E-state index contributed by atoms with van der Waals surface area (Å²) in [6.07, 6.45) is 1.28. The summed E-state index contributed by atoms with van der Waals surface area (Å²) in [7, 11) is 0. The first-order chi connectivity index (χ1) is 8.36. The molecule has 0 unspecified atom stereocenters. The van der Waals surface area contributed by atoms with Gasteiger partial charge in [0.25, 0.3) is 0 Å². The van der Waals surface area contributed by atoms with Crippen molar-refractivity contribution in [1.29, 1.82) is 0 Å². The zero-order valence-corrected chi connectivity index (χ0v) is 10.9. The van der Waals surface area contributed by atoms with E-state index in [1.54, 1.807) is 0 Å². The highest BCUT2D eigenvalue weighted by Gasteiger charge is 2.35. The molecule has 0 amide bonds. The summed E-state index contributed by atoms with van der Waals surface area (Å²) >= 11 is 2.96. The maximum atomic E-state index is 12.8. The van der Waals surface area contributed by atoms with Crippen molar-refractivity contribution in [2.24, 2.45) is 0 Å². The predicted molar refractivity (Wildman–Crippen MR) is 66.2 cm³/mol. The molecule has 18 heavy (non-hydrogen) atoms. The lowest BCUT2D eigenvalue weighted by Gasteiger charge is -2.12. The fourth-order valence-electron chi connectivity index (χ4n) is 1.48. The Balaban J connectivity index is 3.02. The van der Waals surface area contributed by atoms with Crippen molar-refractivity contribution in [2.75, 3.05) is 0 Å². The maximum absolute atomic E-state index is 12.8. The maximum Gasteiger partial charge on any atom is 0.417 e. The molecule has 1 rings (SSSR count). The van der Waals surface area contributed by atoms with Crippen LogP contribution in [0.1, 0.15) is 35.2 Å². The Morgan fingerprint density at radius 2 is 2.06 bits per heavy atom. The van der Waals surface area contributed by atoms with Crippen molar-refractivity contribution in [3.63, 3.8) is 0 Å². The molecule has 0 spiro atoms. The fraction of sp³-hybridized carbons (Fsp3) is 0.308. The van der Waals surface area contributed by atoms with Crippen LogP contribution in [0.5, 0.6) is 0 Å². The van der Waals surface area contributed by atoms with Crippen molar-refractivity contribution in [3.05, 3.63) is 33.8 Å². The number of benzene rings is 1. The number of carbonyl (C=O) groups is 1. The third-order valence-electron chi connectivity index (χ3n) is 2.31. The van der Waals surface area contributed by atoms with Crippen molar-refractivity contribution >= 4 is 21.7 Å². The number of rotatable bonds is 4. The molecular formula is C13H10BrF3O. The van der Waals surface area contributed by atoms with E-state index in [-0.39, 0.29) is 16.5 Å². The first kappa shape index (κ1) is 14.8. The van der Waals surface area contributed by atoms with E-state index in [2.05, 4.69) is 21.9 Å². The minimum absolute atomic E-state index is 0.0227. The van der Waals surface area contributed by atoms with Gasteiger partial charge in [-0.05, 0) is 24.6 Å². The second-order valence-corrected chi connectivity index (χ2v) is 4.58. The van der Waals surface area contributed by atoms with E-state index in [1.165, 1.54) is 12.1 Å². The first-order valence-electron chi connectivity index (χ1n) is 5.19. The van der Waals surface area contributed by atoms with Crippen LogP contribution in [0.25, 0.3) is 0 Å². The van der Waals surface area contributed by atoms with E-state index in [0.717, 1.165) is 6.07 Å². The Kier molecular flexibility index (Phi) is 4.97. The molecule has 0 N–H and O–H groups in total. The largest absolute Gasteiger partial charge is 0.417 e. The summed E-state index contributed by atoms with van der Waals surface area (Å²) in [5.41, 5.74) is -1.22. The van der Waals surface area contributed by atoms with Crippen LogP contribution in [0.15, 0.2) is 22.7 Å². The number of unbranched alkanes of at least 4 members (excludes halogenated alkanes) is 1. The molecule has 1 nitrogen and oxygen atoms in total.